The fourth-order valence-corrected chi connectivity index (χ4v) is 9.80. The number of aliphatic hydroxyl groups is 2. The number of benzene rings is 2. The largest absolute Gasteiger partial charge is 0.497 e. The number of nitrogens with one attached hydrogen (secondary N) is 2. The predicted octanol–water partition coefficient (Wildman–Crippen LogP) is 1.63. The highest BCUT2D eigenvalue weighted by atomic mass is 32.2. The second-order valence-corrected chi connectivity index (χ2v) is 20.3. The molecular formula is C35H48N7O18P3S. The number of thioether (sulfide) groups is 1. The third kappa shape index (κ3) is 13.6. The zero-order valence-corrected chi connectivity index (χ0v) is 38.0. The molecule has 8 atom stereocenters. The van der Waals surface area contributed by atoms with Gasteiger partial charge in [-0.3, -0.25) is 32.5 Å². The molecule has 3 heterocycles. The number of nitrogens with two attached hydrogens (primary N) is 1. The Labute approximate surface area is 368 Å². The molecule has 64 heavy (non-hydrogen) atoms. The number of nitrogens with zero attached hydrogens (tertiary/aromatic N) is 4. The summed E-state index contributed by atoms with van der Waals surface area (Å²) in [6, 6.07) is 11.4. The van der Waals surface area contributed by atoms with E-state index in [0.29, 0.717) is 5.75 Å². The number of amides is 2. The van der Waals surface area contributed by atoms with Crippen molar-refractivity contribution in [1.82, 2.24) is 30.2 Å². The third-order valence-corrected chi connectivity index (χ3v) is 13.8. The maximum Gasteiger partial charge on any atom is 0.481 e. The maximum absolute atomic E-state index is 12.8. The van der Waals surface area contributed by atoms with Crippen LogP contribution in [0.4, 0.5) is 5.82 Å². The second kappa shape index (κ2) is 21.1. The molecule has 10 N–H and O–H groups in total. The van der Waals surface area contributed by atoms with Gasteiger partial charge in [0.15, 0.2) is 22.8 Å². The zero-order valence-electron chi connectivity index (χ0n) is 34.5. The minimum atomic E-state index is -5.59. The lowest BCUT2D eigenvalue weighted by Crippen LogP contribution is -2.46. The van der Waals surface area contributed by atoms with Crippen LogP contribution in [0.2, 0.25) is 0 Å². The quantitative estimate of drug-likeness (QED) is 0.0399. The number of aromatic nitrogens is 4. The van der Waals surface area contributed by atoms with Crippen molar-refractivity contribution in [2.45, 2.75) is 63.8 Å². The molecule has 1 saturated heterocycles. The highest BCUT2D eigenvalue weighted by molar-refractivity contribution is 8.13. The summed E-state index contributed by atoms with van der Waals surface area (Å²) in [5.74, 6) is -0.909. The van der Waals surface area contributed by atoms with Crippen LogP contribution < -0.4 is 21.1 Å². The second-order valence-electron chi connectivity index (χ2n) is 14.9. The minimum Gasteiger partial charge on any atom is -0.497 e. The molecule has 0 saturated carbocycles. The molecule has 25 nitrogen and oxygen atoms in total. The molecule has 0 spiro atoms. The molecular weight excluding hydrogens is 931 g/mol. The highest BCUT2D eigenvalue weighted by Crippen LogP contribution is 2.61. The van der Waals surface area contributed by atoms with E-state index in [4.69, 9.17) is 24.3 Å². The van der Waals surface area contributed by atoms with Crippen molar-refractivity contribution in [3.8, 4) is 5.75 Å². The van der Waals surface area contributed by atoms with Gasteiger partial charge in [0.05, 0.1) is 32.6 Å². The average Bonchev–Trinajstić information content (AvgIpc) is 3.79. The summed E-state index contributed by atoms with van der Waals surface area (Å²) >= 11 is 1.06. The molecule has 2 aromatic heterocycles. The van der Waals surface area contributed by atoms with E-state index < -0.39 is 90.5 Å². The van der Waals surface area contributed by atoms with Crippen LogP contribution >= 0.6 is 35.2 Å². The normalized spacial score (nSPS) is 20.9. The Morgan fingerprint density at radius 2 is 1.69 bits per heavy atom. The van der Waals surface area contributed by atoms with E-state index in [1.165, 1.54) is 13.8 Å². The fourth-order valence-electron chi connectivity index (χ4n) is 6.18. The monoisotopic (exact) mass is 979 g/mol. The first-order valence-corrected chi connectivity index (χ1v) is 24.5. The first-order valence-electron chi connectivity index (χ1n) is 19.0. The van der Waals surface area contributed by atoms with Gasteiger partial charge < -0.3 is 55.6 Å². The van der Waals surface area contributed by atoms with Crippen molar-refractivity contribution in [2.24, 2.45) is 5.41 Å². The van der Waals surface area contributed by atoms with Crippen LogP contribution in [0.3, 0.4) is 0 Å². The van der Waals surface area contributed by atoms with Gasteiger partial charge in [-0.05, 0) is 28.5 Å². The van der Waals surface area contributed by atoms with E-state index in [1.54, 1.807) is 14.0 Å². The summed E-state index contributed by atoms with van der Waals surface area (Å²) < 4.78 is 67.7. The molecule has 5 rings (SSSR count). The van der Waals surface area contributed by atoms with Gasteiger partial charge in [0, 0.05) is 30.7 Å². The summed E-state index contributed by atoms with van der Waals surface area (Å²) in [4.78, 5) is 89.1. The number of carbonyl (C=O) groups excluding carboxylic acids is 3. The Kier molecular flexibility index (Phi) is 16.9. The molecule has 2 unspecified atom stereocenters. The highest BCUT2D eigenvalue weighted by Gasteiger charge is 2.50. The van der Waals surface area contributed by atoms with E-state index >= 15 is 0 Å². The van der Waals surface area contributed by atoms with Gasteiger partial charge in [-0.1, -0.05) is 56.8 Å². The molecule has 1 aliphatic heterocycles. The summed E-state index contributed by atoms with van der Waals surface area (Å²) in [5.41, 5.74) is 5.08. The molecule has 1 fully saturated rings. The van der Waals surface area contributed by atoms with Gasteiger partial charge in [0.2, 0.25) is 11.8 Å². The number of fused-ring (bicyclic) bond motifs is 2. The lowest BCUT2D eigenvalue weighted by molar-refractivity contribution is -0.137. The molecule has 2 amide bonds. The van der Waals surface area contributed by atoms with Crippen LogP contribution in [0.15, 0.2) is 49.1 Å². The zero-order chi connectivity index (χ0) is 47.2. The van der Waals surface area contributed by atoms with Crippen LogP contribution in [0.5, 0.6) is 5.75 Å². The molecule has 0 radical (unpaired) electrons. The molecule has 2 aromatic carbocycles. The third-order valence-electron chi connectivity index (χ3n) is 9.67. The Bertz CT molecular complexity index is 2480. The van der Waals surface area contributed by atoms with Crippen LogP contribution in [-0.2, 0) is 50.7 Å². The smallest absolute Gasteiger partial charge is 0.481 e. The fraction of sp³-hybridized carbons (Fsp3) is 0.486. The molecule has 29 heteroatoms. The lowest BCUT2D eigenvalue weighted by atomic mass is 9.87. The van der Waals surface area contributed by atoms with Gasteiger partial charge in [-0.25, -0.2) is 28.6 Å². The van der Waals surface area contributed by atoms with Gasteiger partial charge >= 0.3 is 23.5 Å². The van der Waals surface area contributed by atoms with Crippen molar-refractivity contribution in [2.75, 3.05) is 44.9 Å². The topological polar surface area (TPSA) is 373 Å². The number of carbonyl (C=O) groups is 3. The predicted molar refractivity (Wildman–Crippen MR) is 226 cm³/mol. The number of anilines is 1. The summed E-state index contributed by atoms with van der Waals surface area (Å²) in [6.45, 7) is 2.20. The molecule has 352 valence electrons. The first kappa shape index (κ1) is 51.1. The minimum absolute atomic E-state index is 0.0269. The Balaban J connectivity index is 1.03. The number of methoxy groups -OCH3 is 1. The SMILES string of the molecule is COc1ccc2ccc([C@H](C)C(=O)SCCNC(=O)CCNC(=O)[C@@H](O)C(C)(C)COP(=O)(O)OP(=O)(O)OC[C@H]3O[C@@H](n4cnc5c(N)ncnc54)[C@H](O)[C@@H]3OP(=O)(O)O)cc2c1. The summed E-state index contributed by atoms with van der Waals surface area (Å²) in [7, 11) is -14.9. The van der Waals surface area contributed by atoms with Crippen molar-refractivity contribution in [3.63, 3.8) is 0 Å². The van der Waals surface area contributed by atoms with Crippen LogP contribution in [0, 0.1) is 5.41 Å². The van der Waals surface area contributed by atoms with Crippen molar-refractivity contribution < 1.29 is 85.2 Å². The van der Waals surface area contributed by atoms with E-state index in [-0.39, 0.29) is 47.4 Å². The van der Waals surface area contributed by atoms with E-state index in [2.05, 4.69) is 34.4 Å². The van der Waals surface area contributed by atoms with Crippen LogP contribution in [0.25, 0.3) is 21.9 Å². The number of hydrogen-bond donors (Lipinski definition) is 9. The van der Waals surface area contributed by atoms with E-state index in [9.17, 15) is 57.9 Å². The number of hydrogen-bond acceptors (Lipinski definition) is 19. The van der Waals surface area contributed by atoms with Crippen LogP contribution in [0.1, 0.15) is 44.9 Å². The van der Waals surface area contributed by atoms with Gasteiger partial charge in [-0.15, -0.1) is 0 Å². The number of rotatable bonds is 22. The van der Waals surface area contributed by atoms with E-state index in [1.807, 2.05) is 36.4 Å². The van der Waals surface area contributed by atoms with E-state index in [0.717, 1.165) is 45.3 Å². The Hall–Kier alpha value is -3.94. The standard InChI is InChI=1S/C35H48N7O18P3S/c1-19(21-6-5-20-7-8-23(55-4)14-22(20)13-21)34(47)64-12-11-37-25(43)9-10-38-32(46)29(45)35(2,3)16-57-63(53,54)60-62(51,52)56-15-24-28(59-61(48,49)50)27(44)33(58-24)42-18-41-26-30(36)39-17-40-31(26)42/h5-8,13-14,17-19,24,27-29,33,44-45H,9-12,15-16H2,1-4H3,(H,37,43)(H,38,46)(H,51,52)(H,53,54)(H2,36,39,40)(H2,48,49,50)/t19-,24+,27+,28+,29+,33+/m0/s1. The number of imidazole rings is 1. The summed E-state index contributed by atoms with van der Waals surface area (Å²) in [5, 5.41) is 28.4. The molecule has 0 bridgehead atoms. The number of ether oxygens (including phenoxy) is 2. The lowest BCUT2D eigenvalue weighted by Gasteiger charge is -2.30. The maximum atomic E-state index is 12.8. The number of aliphatic hydroxyl groups excluding tert-OH is 2. The van der Waals surface area contributed by atoms with Crippen molar-refractivity contribution >= 4 is 79.9 Å². The van der Waals surface area contributed by atoms with Gasteiger partial charge in [0.25, 0.3) is 0 Å². The Morgan fingerprint density at radius 3 is 2.39 bits per heavy atom. The molecule has 1 aliphatic rings. The van der Waals surface area contributed by atoms with Crippen molar-refractivity contribution in [1.29, 1.82) is 0 Å². The Morgan fingerprint density at radius 1 is 0.984 bits per heavy atom. The van der Waals surface area contributed by atoms with Crippen LogP contribution in [-0.4, -0.2) is 130 Å². The molecule has 4 aromatic rings. The first-order chi connectivity index (χ1) is 29.9. The average molecular weight is 980 g/mol. The molecule has 0 aliphatic carbocycles. The van der Waals surface area contributed by atoms with Gasteiger partial charge in [-0.2, -0.15) is 4.31 Å². The summed E-state index contributed by atoms with van der Waals surface area (Å²) in [6.07, 6.45) is -6.99. The number of phosphoric acid groups is 3. The number of nitrogen functional groups attached to an aromatic ring is 1. The van der Waals surface area contributed by atoms with Gasteiger partial charge in [0.1, 0.15) is 42.0 Å². The number of phosphoric ester groups is 3. The van der Waals surface area contributed by atoms with Crippen molar-refractivity contribution in [3.05, 3.63) is 54.6 Å².